The minimum atomic E-state index is -0.707. The van der Waals surface area contributed by atoms with Gasteiger partial charge in [0.1, 0.15) is 5.75 Å². The summed E-state index contributed by atoms with van der Waals surface area (Å²) < 4.78 is 11.2. The first-order valence-electron chi connectivity index (χ1n) is 9.78. The van der Waals surface area contributed by atoms with Crippen LogP contribution in [0.25, 0.3) is 5.57 Å². The van der Waals surface area contributed by atoms with E-state index in [1.807, 2.05) is 85.8 Å². The molecule has 29 heavy (non-hydrogen) atoms. The smallest absolute Gasteiger partial charge is 0.118 e. The van der Waals surface area contributed by atoms with Crippen molar-refractivity contribution in [3.05, 3.63) is 108 Å². The van der Waals surface area contributed by atoms with Gasteiger partial charge in [0.05, 0.1) is 26.4 Å². The molecule has 0 aliphatic carbocycles. The Morgan fingerprint density at radius 1 is 0.931 bits per heavy atom. The Morgan fingerprint density at radius 2 is 1.59 bits per heavy atom. The second kappa shape index (κ2) is 10.1. The number of benzene rings is 3. The molecule has 0 saturated carbocycles. The Morgan fingerprint density at radius 3 is 2.21 bits per heavy atom. The van der Waals surface area contributed by atoms with E-state index < -0.39 is 6.10 Å². The normalized spacial score (nSPS) is 12.9. The van der Waals surface area contributed by atoms with Gasteiger partial charge in [-0.15, -0.1) is 0 Å². The number of aliphatic hydroxyl groups excluding tert-OH is 1. The number of hydrogen-bond donors (Lipinski definition) is 1. The maximum absolute atomic E-state index is 11.1. The second-order valence-electron chi connectivity index (χ2n) is 7.22. The zero-order valence-electron chi connectivity index (χ0n) is 17.0. The molecule has 0 aromatic heterocycles. The highest BCUT2D eigenvalue weighted by Crippen LogP contribution is 2.34. The minimum absolute atomic E-state index is 0.269. The molecule has 0 fully saturated rings. The SMILES string of the molecule is C=C(c1ccc(OC)cc1)C(COCc1ccccc1)C(O)c1ccc(C)cc1. The van der Waals surface area contributed by atoms with Crippen LogP contribution in [0.4, 0.5) is 0 Å². The highest BCUT2D eigenvalue weighted by Gasteiger charge is 2.25. The molecule has 0 radical (unpaired) electrons. The van der Waals surface area contributed by atoms with Crippen molar-refractivity contribution < 1.29 is 14.6 Å². The molecule has 0 bridgehead atoms. The molecule has 0 heterocycles. The number of ether oxygens (including phenoxy) is 2. The number of aliphatic hydroxyl groups is 1. The summed E-state index contributed by atoms with van der Waals surface area (Å²) in [6.45, 7) is 7.19. The van der Waals surface area contributed by atoms with Crippen molar-refractivity contribution in [2.45, 2.75) is 19.6 Å². The molecule has 3 heteroatoms. The van der Waals surface area contributed by atoms with Crippen molar-refractivity contribution in [1.29, 1.82) is 0 Å². The van der Waals surface area contributed by atoms with E-state index >= 15 is 0 Å². The first-order valence-corrected chi connectivity index (χ1v) is 9.78. The first-order chi connectivity index (χ1) is 14.1. The molecule has 0 amide bonds. The predicted molar refractivity (Wildman–Crippen MR) is 118 cm³/mol. The van der Waals surface area contributed by atoms with Crippen LogP contribution in [0.2, 0.25) is 0 Å². The Kier molecular flexibility index (Phi) is 7.23. The third-order valence-electron chi connectivity index (χ3n) is 5.12. The zero-order valence-corrected chi connectivity index (χ0v) is 17.0. The fourth-order valence-electron chi connectivity index (χ4n) is 3.28. The summed E-state index contributed by atoms with van der Waals surface area (Å²) in [5, 5.41) is 11.1. The Labute approximate surface area is 173 Å². The van der Waals surface area contributed by atoms with Gasteiger partial charge in [-0.3, -0.25) is 0 Å². The fourth-order valence-corrected chi connectivity index (χ4v) is 3.28. The van der Waals surface area contributed by atoms with Gasteiger partial charge < -0.3 is 14.6 Å². The van der Waals surface area contributed by atoms with E-state index in [0.29, 0.717) is 13.2 Å². The molecule has 1 N–H and O–H groups in total. The average Bonchev–Trinajstić information content (AvgIpc) is 2.77. The van der Waals surface area contributed by atoms with Crippen LogP contribution in [0.15, 0.2) is 85.4 Å². The van der Waals surface area contributed by atoms with Crippen LogP contribution in [0.1, 0.15) is 28.4 Å². The highest BCUT2D eigenvalue weighted by atomic mass is 16.5. The maximum Gasteiger partial charge on any atom is 0.118 e. The summed E-state index contributed by atoms with van der Waals surface area (Å²) in [7, 11) is 1.64. The van der Waals surface area contributed by atoms with Crippen molar-refractivity contribution in [1.82, 2.24) is 0 Å². The monoisotopic (exact) mass is 388 g/mol. The summed E-state index contributed by atoms with van der Waals surface area (Å²) in [6, 6.07) is 25.7. The number of aryl methyl sites for hydroxylation is 1. The maximum atomic E-state index is 11.1. The van der Waals surface area contributed by atoms with Crippen molar-refractivity contribution in [3.8, 4) is 5.75 Å². The van der Waals surface area contributed by atoms with Gasteiger partial charge in [0, 0.05) is 5.92 Å². The quantitative estimate of drug-likeness (QED) is 0.520. The van der Waals surface area contributed by atoms with Crippen molar-refractivity contribution in [2.24, 2.45) is 5.92 Å². The molecular weight excluding hydrogens is 360 g/mol. The fraction of sp³-hybridized carbons (Fsp3) is 0.231. The Balaban J connectivity index is 1.79. The molecule has 3 aromatic rings. The van der Waals surface area contributed by atoms with Gasteiger partial charge in [0.2, 0.25) is 0 Å². The average molecular weight is 389 g/mol. The van der Waals surface area contributed by atoms with Gasteiger partial charge in [-0.1, -0.05) is 78.9 Å². The van der Waals surface area contributed by atoms with Gasteiger partial charge in [-0.25, -0.2) is 0 Å². The van der Waals surface area contributed by atoms with Gasteiger partial charge in [-0.2, -0.15) is 0 Å². The standard InChI is InChI=1S/C26H28O3/c1-19-9-11-23(12-10-19)26(27)25(18-29-17-21-7-5-4-6-8-21)20(2)22-13-15-24(28-3)16-14-22/h4-16,25-27H,2,17-18H2,1,3H3. The molecule has 150 valence electrons. The van der Waals surface area contributed by atoms with Crippen LogP contribution >= 0.6 is 0 Å². The lowest BCUT2D eigenvalue weighted by molar-refractivity contribution is 0.0439. The molecule has 3 aromatic carbocycles. The van der Waals surface area contributed by atoms with Gasteiger partial charge in [0.25, 0.3) is 0 Å². The predicted octanol–water partition coefficient (Wildman–Crippen LogP) is 5.58. The van der Waals surface area contributed by atoms with Crippen LogP contribution in [0.5, 0.6) is 5.75 Å². The first kappa shape index (κ1) is 20.8. The van der Waals surface area contributed by atoms with E-state index in [2.05, 4.69) is 6.58 Å². The third-order valence-corrected chi connectivity index (χ3v) is 5.12. The third kappa shape index (κ3) is 5.57. The topological polar surface area (TPSA) is 38.7 Å². The van der Waals surface area contributed by atoms with E-state index in [0.717, 1.165) is 33.6 Å². The van der Waals surface area contributed by atoms with Crippen molar-refractivity contribution >= 4 is 5.57 Å². The van der Waals surface area contributed by atoms with Crippen molar-refractivity contribution in [2.75, 3.05) is 13.7 Å². The summed E-state index contributed by atoms with van der Waals surface area (Å²) in [5.41, 5.74) is 4.93. The minimum Gasteiger partial charge on any atom is -0.497 e. The Bertz CT molecular complexity index is 899. The molecule has 3 nitrogen and oxygen atoms in total. The molecular formula is C26H28O3. The summed E-state index contributed by atoms with van der Waals surface area (Å²) >= 11 is 0. The van der Waals surface area contributed by atoms with E-state index in [-0.39, 0.29) is 5.92 Å². The van der Waals surface area contributed by atoms with E-state index in [4.69, 9.17) is 9.47 Å². The zero-order chi connectivity index (χ0) is 20.6. The van der Waals surface area contributed by atoms with Crippen LogP contribution in [0, 0.1) is 12.8 Å². The van der Waals surface area contributed by atoms with E-state index in [1.165, 1.54) is 0 Å². The van der Waals surface area contributed by atoms with Crippen molar-refractivity contribution in [3.63, 3.8) is 0 Å². The number of hydrogen-bond acceptors (Lipinski definition) is 3. The van der Waals surface area contributed by atoms with Crippen LogP contribution < -0.4 is 4.74 Å². The lowest BCUT2D eigenvalue weighted by Gasteiger charge is -2.26. The molecule has 0 aliphatic rings. The van der Waals surface area contributed by atoms with Crippen LogP contribution in [0.3, 0.4) is 0 Å². The molecule has 2 atom stereocenters. The Hall–Kier alpha value is -2.88. The lowest BCUT2D eigenvalue weighted by Crippen LogP contribution is -2.20. The summed E-state index contributed by atoms with van der Waals surface area (Å²) in [5.74, 6) is 0.521. The number of rotatable bonds is 9. The van der Waals surface area contributed by atoms with E-state index in [1.54, 1.807) is 7.11 Å². The molecule has 0 saturated heterocycles. The number of methoxy groups -OCH3 is 1. The van der Waals surface area contributed by atoms with Gasteiger partial charge in [0.15, 0.2) is 0 Å². The largest absolute Gasteiger partial charge is 0.497 e. The lowest BCUT2D eigenvalue weighted by atomic mass is 9.86. The molecule has 0 spiro atoms. The summed E-state index contributed by atoms with van der Waals surface area (Å²) in [4.78, 5) is 0. The molecule has 0 aliphatic heterocycles. The molecule has 2 unspecified atom stereocenters. The highest BCUT2D eigenvalue weighted by molar-refractivity contribution is 5.66. The summed E-state index contributed by atoms with van der Waals surface area (Å²) in [6.07, 6.45) is -0.707. The van der Waals surface area contributed by atoms with Gasteiger partial charge >= 0.3 is 0 Å². The van der Waals surface area contributed by atoms with E-state index in [9.17, 15) is 5.11 Å². The van der Waals surface area contributed by atoms with Gasteiger partial charge in [-0.05, 0) is 41.3 Å². The van der Waals surface area contributed by atoms with Crippen LogP contribution in [-0.4, -0.2) is 18.8 Å². The molecule has 3 rings (SSSR count). The second-order valence-corrected chi connectivity index (χ2v) is 7.22. The van der Waals surface area contributed by atoms with Crippen LogP contribution in [-0.2, 0) is 11.3 Å².